The Morgan fingerprint density at radius 2 is 1.68 bits per heavy atom. The molecule has 1 aliphatic heterocycles. The summed E-state index contributed by atoms with van der Waals surface area (Å²) in [4.78, 5) is 19.6. The number of anilines is 1. The van der Waals surface area contributed by atoms with Crippen molar-refractivity contribution in [2.75, 3.05) is 18.0 Å². The van der Waals surface area contributed by atoms with Crippen LogP contribution >= 0.6 is 0 Å². The van der Waals surface area contributed by atoms with E-state index in [2.05, 4.69) is 36.2 Å². The van der Waals surface area contributed by atoms with Crippen LogP contribution < -0.4 is 10.2 Å². The molecule has 0 spiro atoms. The molecule has 128 valence electrons. The summed E-state index contributed by atoms with van der Waals surface area (Å²) < 4.78 is 2.02. The number of hydrogen-bond donors (Lipinski definition) is 1. The molecular weight excluding hydrogens is 314 g/mol. The highest BCUT2D eigenvalue weighted by Gasteiger charge is 2.21. The van der Waals surface area contributed by atoms with Crippen molar-refractivity contribution in [3.63, 3.8) is 0 Å². The van der Waals surface area contributed by atoms with E-state index >= 15 is 0 Å². The van der Waals surface area contributed by atoms with Gasteiger partial charge in [-0.3, -0.25) is 4.57 Å². The van der Waals surface area contributed by atoms with Gasteiger partial charge in [-0.25, -0.2) is 19.9 Å². The Balaban J connectivity index is 1.40. The Kier molecular flexibility index (Phi) is 4.65. The molecule has 7 heteroatoms. The minimum atomic E-state index is 0.414. The van der Waals surface area contributed by atoms with Crippen LogP contribution in [0.15, 0.2) is 55.2 Å². The van der Waals surface area contributed by atoms with Gasteiger partial charge in [-0.15, -0.1) is 0 Å². The number of piperidine rings is 1. The molecule has 1 atom stereocenters. The molecule has 1 fully saturated rings. The van der Waals surface area contributed by atoms with E-state index in [9.17, 15) is 0 Å². The minimum Gasteiger partial charge on any atom is -0.339 e. The lowest BCUT2D eigenvalue weighted by Gasteiger charge is -2.33. The van der Waals surface area contributed by atoms with Crippen LogP contribution in [0.25, 0.3) is 5.95 Å². The summed E-state index contributed by atoms with van der Waals surface area (Å²) in [5.74, 6) is 1.52. The first-order valence-electron chi connectivity index (χ1n) is 8.59. The van der Waals surface area contributed by atoms with Gasteiger partial charge in [0.25, 0.3) is 0 Å². The largest absolute Gasteiger partial charge is 0.339 e. The third-order valence-electron chi connectivity index (χ3n) is 4.43. The third kappa shape index (κ3) is 3.66. The lowest BCUT2D eigenvalue weighted by atomic mass is 10.1. The van der Waals surface area contributed by atoms with Gasteiger partial charge in [-0.2, -0.15) is 0 Å². The molecule has 0 aliphatic carbocycles. The van der Waals surface area contributed by atoms with Gasteiger partial charge < -0.3 is 10.2 Å². The molecule has 1 unspecified atom stereocenters. The predicted molar refractivity (Wildman–Crippen MR) is 95.5 cm³/mol. The van der Waals surface area contributed by atoms with Crippen LogP contribution in [-0.4, -0.2) is 43.6 Å². The lowest BCUT2D eigenvalue weighted by molar-refractivity contribution is 0.415. The second-order valence-electron chi connectivity index (χ2n) is 6.13. The lowest BCUT2D eigenvalue weighted by Crippen LogP contribution is -2.46. The van der Waals surface area contributed by atoms with Crippen molar-refractivity contribution in [1.29, 1.82) is 0 Å². The van der Waals surface area contributed by atoms with Gasteiger partial charge in [0.2, 0.25) is 11.9 Å². The van der Waals surface area contributed by atoms with E-state index in [1.807, 2.05) is 29.0 Å². The monoisotopic (exact) mass is 335 g/mol. The summed E-state index contributed by atoms with van der Waals surface area (Å²) in [7, 11) is 0. The quantitative estimate of drug-likeness (QED) is 0.767. The number of nitrogens with zero attached hydrogens (tertiary/aromatic N) is 6. The van der Waals surface area contributed by atoms with Gasteiger partial charge >= 0.3 is 0 Å². The average Bonchev–Trinajstić information content (AvgIpc) is 3.17. The molecule has 3 aromatic heterocycles. The van der Waals surface area contributed by atoms with E-state index in [4.69, 9.17) is 0 Å². The van der Waals surface area contributed by atoms with Gasteiger partial charge in [0.1, 0.15) is 0 Å². The summed E-state index contributed by atoms with van der Waals surface area (Å²) in [5, 5.41) is 3.66. The molecule has 1 saturated heterocycles. The van der Waals surface area contributed by atoms with Crippen LogP contribution in [0.5, 0.6) is 0 Å². The Bertz CT molecular complexity index is 787. The van der Waals surface area contributed by atoms with E-state index in [-0.39, 0.29) is 0 Å². The highest BCUT2D eigenvalue weighted by Crippen LogP contribution is 2.16. The molecule has 1 N–H and O–H groups in total. The normalized spacial score (nSPS) is 17.6. The second kappa shape index (κ2) is 7.40. The van der Waals surface area contributed by atoms with E-state index < -0.39 is 0 Å². The zero-order valence-electron chi connectivity index (χ0n) is 14.0. The fourth-order valence-electron chi connectivity index (χ4n) is 3.20. The smallest absolute Gasteiger partial charge is 0.233 e. The van der Waals surface area contributed by atoms with E-state index in [0.29, 0.717) is 12.0 Å². The van der Waals surface area contributed by atoms with Crippen molar-refractivity contribution in [3.8, 4) is 5.95 Å². The molecule has 1 aliphatic rings. The summed E-state index contributed by atoms with van der Waals surface area (Å²) >= 11 is 0. The fourth-order valence-corrected chi connectivity index (χ4v) is 3.20. The molecule has 25 heavy (non-hydrogen) atoms. The van der Waals surface area contributed by atoms with Crippen molar-refractivity contribution >= 4 is 5.95 Å². The van der Waals surface area contributed by atoms with E-state index in [1.165, 1.54) is 0 Å². The van der Waals surface area contributed by atoms with Gasteiger partial charge in [-0.1, -0.05) is 0 Å². The summed E-state index contributed by atoms with van der Waals surface area (Å²) in [6.45, 7) is 2.71. The zero-order valence-corrected chi connectivity index (χ0v) is 14.0. The second-order valence-corrected chi connectivity index (χ2v) is 6.13. The van der Waals surface area contributed by atoms with E-state index in [0.717, 1.165) is 44.1 Å². The van der Waals surface area contributed by atoms with Crippen LogP contribution in [0.3, 0.4) is 0 Å². The van der Waals surface area contributed by atoms with Crippen molar-refractivity contribution in [2.45, 2.75) is 25.4 Å². The summed E-state index contributed by atoms with van der Waals surface area (Å²) in [6.07, 6.45) is 11.4. The Morgan fingerprint density at radius 3 is 2.44 bits per heavy atom. The van der Waals surface area contributed by atoms with Crippen molar-refractivity contribution in [3.05, 3.63) is 60.9 Å². The molecular formula is C18H21N7. The first kappa shape index (κ1) is 15.7. The molecule has 4 rings (SSSR count). The maximum atomic E-state index is 4.37. The third-order valence-corrected chi connectivity index (χ3v) is 4.43. The molecule has 3 aromatic rings. The fraction of sp³-hybridized carbons (Fsp3) is 0.333. The highest BCUT2D eigenvalue weighted by atomic mass is 15.3. The van der Waals surface area contributed by atoms with Gasteiger partial charge in [-0.05, 0) is 37.1 Å². The van der Waals surface area contributed by atoms with Crippen molar-refractivity contribution < 1.29 is 0 Å². The standard InChI is InChI=1S/C18H21N7/c1-5-15(14-24(11-1)17-19-7-3-8-20-17)23-13-16-6-2-12-25(16)18-21-9-4-10-22-18/h2-4,6-10,12,15,23H,1,5,11,13-14H2. The first-order valence-corrected chi connectivity index (χ1v) is 8.59. The maximum Gasteiger partial charge on any atom is 0.233 e. The van der Waals surface area contributed by atoms with Crippen LogP contribution in [0.4, 0.5) is 5.95 Å². The number of nitrogens with one attached hydrogen (secondary N) is 1. The van der Waals surface area contributed by atoms with Gasteiger partial charge in [0.15, 0.2) is 0 Å². The number of aromatic nitrogens is 5. The molecule has 4 heterocycles. The van der Waals surface area contributed by atoms with Gasteiger partial charge in [0.05, 0.1) is 0 Å². The molecule has 0 amide bonds. The summed E-state index contributed by atoms with van der Waals surface area (Å²) in [6, 6.07) is 8.22. The van der Waals surface area contributed by atoms with Gasteiger partial charge in [0, 0.05) is 62.4 Å². The number of hydrogen-bond acceptors (Lipinski definition) is 6. The molecule has 0 bridgehead atoms. The van der Waals surface area contributed by atoms with Crippen LogP contribution in [0.1, 0.15) is 18.5 Å². The van der Waals surface area contributed by atoms with Crippen molar-refractivity contribution in [2.24, 2.45) is 0 Å². The van der Waals surface area contributed by atoms with Crippen LogP contribution in [0.2, 0.25) is 0 Å². The molecule has 7 nitrogen and oxygen atoms in total. The predicted octanol–water partition coefficient (Wildman–Crippen LogP) is 1.82. The Hall–Kier alpha value is -2.80. The minimum absolute atomic E-state index is 0.414. The van der Waals surface area contributed by atoms with Crippen LogP contribution in [0, 0.1) is 0 Å². The molecule has 0 saturated carbocycles. The maximum absolute atomic E-state index is 4.37. The topological polar surface area (TPSA) is 71.8 Å². The Morgan fingerprint density at radius 1 is 0.960 bits per heavy atom. The molecule has 0 aromatic carbocycles. The van der Waals surface area contributed by atoms with E-state index in [1.54, 1.807) is 24.8 Å². The zero-order chi connectivity index (χ0) is 16.9. The summed E-state index contributed by atoms with van der Waals surface area (Å²) in [5.41, 5.74) is 1.15. The average molecular weight is 335 g/mol. The van der Waals surface area contributed by atoms with Crippen LogP contribution in [-0.2, 0) is 6.54 Å². The number of rotatable bonds is 5. The van der Waals surface area contributed by atoms with Crippen molar-refractivity contribution in [1.82, 2.24) is 29.8 Å². The SMILES string of the molecule is c1cnc(N2CCCC(NCc3cccn3-c3ncccn3)C2)nc1. The first-order chi connectivity index (χ1) is 12.4. The highest BCUT2D eigenvalue weighted by molar-refractivity contribution is 5.29. The Labute approximate surface area is 146 Å². The molecule has 0 radical (unpaired) electrons.